The van der Waals surface area contributed by atoms with Crippen LogP contribution in [0.2, 0.25) is 0 Å². The summed E-state index contributed by atoms with van der Waals surface area (Å²) in [6.45, 7) is 9.84. The zero-order valence-corrected chi connectivity index (χ0v) is 8.13. The minimum atomic E-state index is 0.287. The second-order valence-corrected chi connectivity index (χ2v) is 4.63. The van der Waals surface area contributed by atoms with Gasteiger partial charge in [0.1, 0.15) is 6.23 Å². The zero-order valence-electron chi connectivity index (χ0n) is 8.13. The van der Waals surface area contributed by atoms with Gasteiger partial charge in [-0.2, -0.15) is 0 Å². The summed E-state index contributed by atoms with van der Waals surface area (Å²) < 4.78 is 5.55. The van der Waals surface area contributed by atoms with Crippen LogP contribution in [-0.2, 0) is 4.74 Å². The Hall–Kier alpha value is -0.120. The average molecular weight is 170 g/mol. The van der Waals surface area contributed by atoms with Gasteiger partial charge in [-0.25, -0.2) is 0 Å². The summed E-state index contributed by atoms with van der Waals surface area (Å²) in [5.41, 5.74) is 0.287. The smallest absolute Gasteiger partial charge is 0.125 e. The summed E-state index contributed by atoms with van der Waals surface area (Å²) in [7, 11) is 0. The molecule has 0 aromatic rings. The van der Waals surface area contributed by atoms with E-state index in [1.54, 1.807) is 0 Å². The molecule has 0 saturated carbocycles. The molecule has 2 saturated heterocycles. The normalized spacial score (nSPS) is 37.2. The molecule has 0 aromatic heterocycles. The second-order valence-electron chi connectivity index (χ2n) is 4.63. The Morgan fingerprint density at radius 2 is 2.17 bits per heavy atom. The number of nitrogens with zero attached hydrogens (tertiary/aromatic N) is 1. The molecule has 2 fully saturated rings. The van der Waals surface area contributed by atoms with E-state index in [9.17, 15) is 0 Å². The van der Waals surface area contributed by atoms with E-state index in [-0.39, 0.29) is 5.54 Å². The van der Waals surface area contributed by atoms with Crippen LogP contribution < -0.4 is 5.32 Å². The van der Waals surface area contributed by atoms with Crippen molar-refractivity contribution in [1.29, 1.82) is 0 Å². The van der Waals surface area contributed by atoms with Gasteiger partial charge in [-0.15, -0.1) is 0 Å². The van der Waals surface area contributed by atoms with Gasteiger partial charge in [-0.3, -0.25) is 10.2 Å². The molecule has 0 bridgehead atoms. The Morgan fingerprint density at radius 1 is 1.42 bits per heavy atom. The molecule has 2 unspecified atom stereocenters. The molecule has 3 nitrogen and oxygen atoms in total. The predicted octanol–water partition coefficient (Wildman–Crippen LogP) is 0.415. The lowest BCUT2D eigenvalue weighted by atomic mass is 9.97. The Kier molecular flexibility index (Phi) is 1.90. The van der Waals surface area contributed by atoms with Crippen molar-refractivity contribution in [3.63, 3.8) is 0 Å². The van der Waals surface area contributed by atoms with Crippen molar-refractivity contribution in [1.82, 2.24) is 10.2 Å². The van der Waals surface area contributed by atoms with Gasteiger partial charge in [0.15, 0.2) is 0 Å². The fourth-order valence-corrected chi connectivity index (χ4v) is 2.04. The molecule has 0 amide bonds. The molecule has 12 heavy (non-hydrogen) atoms. The lowest BCUT2D eigenvalue weighted by Crippen LogP contribution is -2.72. The highest BCUT2D eigenvalue weighted by molar-refractivity contribution is 4.97. The lowest BCUT2D eigenvalue weighted by Gasteiger charge is -2.53. The summed E-state index contributed by atoms with van der Waals surface area (Å²) in [4.78, 5) is 2.54. The first-order valence-electron chi connectivity index (χ1n) is 4.71. The molecule has 0 aromatic carbocycles. The second kappa shape index (κ2) is 2.69. The number of ether oxygens (including phenoxy) is 1. The molecule has 2 aliphatic heterocycles. The standard InChI is InChI=1S/C9H18N2O/c1-9(2,3)11-4-5-12-8-7(11)6-10-8/h7-8,10H,4-6H2,1-3H3. The van der Waals surface area contributed by atoms with Crippen LogP contribution in [-0.4, -0.2) is 42.4 Å². The SMILES string of the molecule is CC(C)(C)N1CCOC2NCC21. The van der Waals surface area contributed by atoms with Crippen molar-refractivity contribution in [2.24, 2.45) is 0 Å². The number of nitrogens with one attached hydrogen (secondary N) is 1. The van der Waals surface area contributed by atoms with Crippen LogP contribution in [0.4, 0.5) is 0 Å². The van der Waals surface area contributed by atoms with Crippen LogP contribution in [0.25, 0.3) is 0 Å². The van der Waals surface area contributed by atoms with E-state index in [1.807, 2.05) is 0 Å². The third-order valence-corrected chi connectivity index (χ3v) is 2.77. The Balaban J connectivity index is 2.05. The van der Waals surface area contributed by atoms with Crippen molar-refractivity contribution in [3.05, 3.63) is 0 Å². The third-order valence-electron chi connectivity index (χ3n) is 2.77. The maximum Gasteiger partial charge on any atom is 0.125 e. The van der Waals surface area contributed by atoms with Crippen molar-refractivity contribution in [3.8, 4) is 0 Å². The molecule has 2 heterocycles. The minimum absolute atomic E-state index is 0.287. The zero-order chi connectivity index (χ0) is 8.77. The number of morpholine rings is 1. The van der Waals surface area contributed by atoms with Gasteiger partial charge in [-0.1, -0.05) is 0 Å². The first-order valence-corrected chi connectivity index (χ1v) is 4.71. The molecular formula is C9H18N2O. The van der Waals surface area contributed by atoms with Gasteiger partial charge in [0, 0.05) is 18.6 Å². The summed E-state index contributed by atoms with van der Waals surface area (Å²) >= 11 is 0. The van der Waals surface area contributed by atoms with Crippen LogP contribution >= 0.6 is 0 Å². The maximum absolute atomic E-state index is 5.55. The summed E-state index contributed by atoms with van der Waals surface area (Å²) in [6.07, 6.45) is 0.304. The van der Waals surface area contributed by atoms with Gasteiger partial charge in [0.05, 0.1) is 12.6 Å². The number of rotatable bonds is 0. The van der Waals surface area contributed by atoms with Crippen LogP contribution in [0.5, 0.6) is 0 Å². The molecule has 70 valence electrons. The van der Waals surface area contributed by atoms with Crippen molar-refractivity contribution in [2.45, 2.75) is 38.6 Å². The van der Waals surface area contributed by atoms with E-state index in [0.717, 1.165) is 19.7 Å². The summed E-state index contributed by atoms with van der Waals surface area (Å²) in [6, 6.07) is 0.610. The van der Waals surface area contributed by atoms with E-state index in [2.05, 4.69) is 31.0 Å². The topological polar surface area (TPSA) is 24.5 Å². The highest BCUT2D eigenvalue weighted by atomic mass is 16.5. The highest BCUT2D eigenvalue weighted by Gasteiger charge is 2.42. The Labute approximate surface area is 74.1 Å². The molecule has 3 heteroatoms. The summed E-state index contributed by atoms with van der Waals surface area (Å²) in [5.74, 6) is 0. The van der Waals surface area contributed by atoms with Crippen molar-refractivity contribution < 1.29 is 4.74 Å². The largest absolute Gasteiger partial charge is 0.360 e. The molecule has 2 rings (SSSR count). The first-order chi connectivity index (χ1) is 5.59. The molecule has 0 radical (unpaired) electrons. The first kappa shape index (κ1) is 8.48. The Morgan fingerprint density at radius 3 is 2.58 bits per heavy atom. The average Bonchev–Trinajstić information content (AvgIpc) is 1.88. The monoisotopic (exact) mass is 170 g/mol. The number of hydrogen-bond acceptors (Lipinski definition) is 3. The van der Waals surface area contributed by atoms with Gasteiger partial charge >= 0.3 is 0 Å². The lowest BCUT2D eigenvalue weighted by molar-refractivity contribution is -0.154. The van der Waals surface area contributed by atoms with E-state index < -0.39 is 0 Å². The van der Waals surface area contributed by atoms with Gasteiger partial charge in [-0.05, 0) is 20.8 Å². The van der Waals surface area contributed by atoms with E-state index in [0.29, 0.717) is 12.3 Å². The highest BCUT2D eigenvalue weighted by Crippen LogP contribution is 2.26. The van der Waals surface area contributed by atoms with E-state index in [4.69, 9.17) is 4.74 Å². The minimum Gasteiger partial charge on any atom is -0.360 e. The number of fused-ring (bicyclic) bond motifs is 1. The number of hydrogen-bond donors (Lipinski definition) is 1. The van der Waals surface area contributed by atoms with Crippen LogP contribution in [0.1, 0.15) is 20.8 Å². The van der Waals surface area contributed by atoms with Crippen molar-refractivity contribution in [2.75, 3.05) is 19.7 Å². The van der Waals surface area contributed by atoms with Crippen LogP contribution in [0, 0.1) is 0 Å². The fraction of sp³-hybridized carbons (Fsp3) is 1.00. The van der Waals surface area contributed by atoms with E-state index in [1.165, 1.54) is 0 Å². The Bertz CT molecular complexity index is 176. The maximum atomic E-state index is 5.55. The van der Waals surface area contributed by atoms with Gasteiger partial charge < -0.3 is 4.74 Å². The van der Waals surface area contributed by atoms with Crippen LogP contribution in [0.3, 0.4) is 0 Å². The quantitative estimate of drug-likeness (QED) is 0.570. The predicted molar refractivity (Wildman–Crippen MR) is 48.0 cm³/mol. The third kappa shape index (κ3) is 1.26. The van der Waals surface area contributed by atoms with Crippen molar-refractivity contribution >= 4 is 0 Å². The molecule has 1 N–H and O–H groups in total. The molecular weight excluding hydrogens is 152 g/mol. The molecule has 2 atom stereocenters. The summed E-state index contributed by atoms with van der Waals surface area (Å²) in [5, 5.41) is 3.29. The molecule has 0 aliphatic carbocycles. The van der Waals surface area contributed by atoms with Gasteiger partial charge in [0.2, 0.25) is 0 Å². The molecule has 2 aliphatic rings. The van der Waals surface area contributed by atoms with E-state index >= 15 is 0 Å². The van der Waals surface area contributed by atoms with Gasteiger partial charge in [0.25, 0.3) is 0 Å². The van der Waals surface area contributed by atoms with Crippen LogP contribution in [0.15, 0.2) is 0 Å². The molecule has 0 spiro atoms. The fourth-order valence-electron chi connectivity index (χ4n) is 2.04.